The molecule has 0 N–H and O–H groups in total. The van der Waals surface area contributed by atoms with Crippen LogP contribution in [0.25, 0.3) is 11.0 Å². The highest BCUT2D eigenvalue weighted by atomic mass is 35.5. The van der Waals surface area contributed by atoms with Crippen LogP contribution in [0, 0.1) is 0 Å². The number of halogens is 2. The van der Waals surface area contributed by atoms with Crippen LogP contribution in [0.3, 0.4) is 0 Å². The van der Waals surface area contributed by atoms with Gasteiger partial charge in [-0.15, -0.1) is 11.6 Å². The summed E-state index contributed by atoms with van der Waals surface area (Å²) in [6, 6.07) is 6.39. The molecule has 0 radical (unpaired) electrons. The minimum Gasteiger partial charge on any atom is -0.327 e. The minimum atomic E-state index is 0.423. The molecular formula is C15H21Cl2N3. The molecule has 2 rings (SSSR count). The van der Waals surface area contributed by atoms with E-state index in [1.807, 2.05) is 18.2 Å². The van der Waals surface area contributed by atoms with Gasteiger partial charge in [-0.2, -0.15) is 0 Å². The molecule has 5 heteroatoms. The van der Waals surface area contributed by atoms with Crippen molar-refractivity contribution in [3.63, 3.8) is 0 Å². The third-order valence-corrected chi connectivity index (χ3v) is 4.16. The van der Waals surface area contributed by atoms with Gasteiger partial charge in [0, 0.05) is 17.6 Å². The van der Waals surface area contributed by atoms with Crippen LogP contribution in [0.5, 0.6) is 0 Å². The van der Waals surface area contributed by atoms with E-state index in [2.05, 4.69) is 35.3 Å². The first-order valence-electron chi connectivity index (χ1n) is 6.93. The Hall–Kier alpha value is -0.770. The molecule has 2 aromatic rings. The number of aryl methyl sites for hydroxylation is 1. The SMILES string of the molecule is CC(C)N(C)CCCn1c(CCl)nc2cc(Cl)ccc21. The summed E-state index contributed by atoms with van der Waals surface area (Å²) < 4.78 is 2.20. The Kier molecular flexibility index (Phi) is 5.30. The Morgan fingerprint density at radius 3 is 2.75 bits per heavy atom. The number of rotatable bonds is 6. The highest BCUT2D eigenvalue weighted by Gasteiger charge is 2.11. The molecule has 1 aromatic heterocycles. The van der Waals surface area contributed by atoms with Crippen LogP contribution < -0.4 is 0 Å². The van der Waals surface area contributed by atoms with Crippen molar-refractivity contribution in [2.75, 3.05) is 13.6 Å². The molecule has 0 aliphatic carbocycles. The van der Waals surface area contributed by atoms with E-state index < -0.39 is 0 Å². The Morgan fingerprint density at radius 1 is 1.35 bits per heavy atom. The fourth-order valence-electron chi connectivity index (χ4n) is 2.24. The van der Waals surface area contributed by atoms with Crippen molar-refractivity contribution in [1.29, 1.82) is 0 Å². The average Bonchev–Trinajstić information content (AvgIpc) is 2.75. The van der Waals surface area contributed by atoms with Gasteiger partial charge in [-0.25, -0.2) is 4.98 Å². The van der Waals surface area contributed by atoms with Gasteiger partial charge < -0.3 is 9.47 Å². The second-order valence-electron chi connectivity index (χ2n) is 5.37. The number of benzene rings is 1. The van der Waals surface area contributed by atoms with E-state index in [-0.39, 0.29) is 0 Å². The number of alkyl halides is 1. The lowest BCUT2D eigenvalue weighted by Gasteiger charge is -2.21. The summed E-state index contributed by atoms with van der Waals surface area (Å²) in [7, 11) is 2.15. The number of nitrogens with zero attached hydrogens (tertiary/aromatic N) is 3. The van der Waals surface area contributed by atoms with Gasteiger partial charge in [-0.3, -0.25) is 0 Å². The van der Waals surface area contributed by atoms with Crippen LogP contribution in [0.4, 0.5) is 0 Å². The first kappa shape index (κ1) is 15.6. The molecule has 0 saturated heterocycles. The van der Waals surface area contributed by atoms with Gasteiger partial charge in [-0.1, -0.05) is 11.6 Å². The number of hydrogen-bond donors (Lipinski definition) is 0. The first-order chi connectivity index (χ1) is 9.52. The highest BCUT2D eigenvalue weighted by Crippen LogP contribution is 2.22. The van der Waals surface area contributed by atoms with Crippen LogP contribution in [0.1, 0.15) is 26.1 Å². The molecule has 0 fully saturated rings. The molecule has 0 atom stereocenters. The summed E-state index contributed by atoms with van der Waals surface area (Å²) in [5.41, 5.74) is 2.03. The van der Waals surface area contributed by atoms with Crippen molar-refractivity contribution >= 4 is 34.2 Å². The average molecular weight is 314 g/mol. The molecule has 0 saturated carbocycles. The maximum absolute atomic E-state index is 6.02. The third kappa shape index (κ3) is 3.46. The predicted octanol–water partition coefficient (Wildman–Crippen LogP) is 4.16. The van der Waals surface area contributed by atoms with Crippen LogP contribution >= 0.6 is 23.2 Å². The first-order valence-corrected chi connectivity index (χ1v) is 7.85. The van der Waals surface area contributed by atoms with Crippen LogP contribution in [-0.2, 0) is 12.4 Å². The van der Waals surface area contributed by atoms with Crippen molar-refractivity contribution in [2.45, 2.75) is 38.7 Å². The lowest BCUT2D eigenvalue weighted by molar-refractivity contribution is 0.265. The predicted molar refractivity (Wildman–Crippen MR) is 86.7 cm³/mol. The molecule has 110 valence electrons. The van der Waals surface area contributed by atoms with E-state index in [1.165, 1.54) is 0 Å². The maximum atomic E-state index is 6.02. The van der Waals surface area contributed by atoms with E-state index in [0.29, 0.717) is 16.9 Å². The molecule has 0 spiro atoms. The second-order valence-corrected chi connectivity index (χ2v) is 6.08. The monoisotopic (exact) mass is 313 g/mol. The van der Waals surface area contributed by atoms with Gasteiger partial charge in [0.1, 0.15) is 5.82 Å². The largest absolute Gasteiger partial charge is 0.327 e. The zero-order valence-corrected chi connectivity index (χ0v) is 13.7. The van der Waals surface area contributed by atoms with E-state index in [0.717, 1.165) is 36.4 Å². The number of aromatic nitrogens is 2. The summed E-state index contributed by atoms with van der Waals surface area (Å²) >= 11 is 12.0. The lowest BCUT2D eigenvalue weighted by Crippen LogP contribution is -2.28. The maximum Gasteiger partial charge on any atom is 0.124 e. The van der Waals surface area contributed by atoms with Crippen molar-refractivity contribution in [3.8, 4) is 0 Å². The summed E-state index contributed by atoms with van der Waals surface area (Å²) in [5.74, 6) is 1.34. The van der Waals surface area contributed by atoms with Gasteiger partial charge >= 0.3 is 0 Å². The van der Waals surface area contributed by atoms with Crippen molar-refractivity contribution in [3.05, 3.63) is 29.0 Å². The standard InChI is InChI=1S/C15H21Cl2N3/c1-11(2)19(3)7-4-8-20-14-6-5-12(17)9-13(14)18-15(20)10-16/h5-6,9,11H,4,7-8,10H2,1-3H3. The summed E-state index contributed by atoms with van der Waals surface area (Å²) in [6.07, 6.45) is 1.08. The van der Waals surface area contributed by atoms with Gasteiger partial charge in [0.15, 0.2) is 0 Å². The molecule has 1 aromatic carbocycles. The lowest BCUT2D eigenvalue weighted by atomic mass is 10.3. The minimum absolute atomic E-state index is 0.423. The fraction of sp³-hybridized carbons (Fsp3) is 0.533. The Balaban J connectivity index is 2.16. The molecule has 3 nitrogen and oxygen atoms in total. The topological polar surface area (TPSA) is 21.1 Å². The Morgan fingerprint density at radius 2 is 2.10 bits per heavy atom. The molecule has 0 bridgehead atoms. The fourth-order valence-corrected chi connectivity index (χ4v) is 2.61. The Bertz CT molecular complexity index is 578. The summed E-state index contributed by atoms with van der Waals surface area (Å²) in [5, 5.41) is 0.711. The van der Waals surface area contributed by atoms with Gasteiger partial charge in [0.25, 0.3) is 0 Å². The summed E-state index contributed by atoms with van der Waals surface area (Å²) in [4.78, 5) is 6.90. The van der Waals surface area contributed by atoms with E-state index in [4.69, 9.17) is 23.2 Å². The quantitative estimate of drug-likeness (QED) is 0.747. The van der Waals surface area contributed by atoms with E-state index in [1.54, 1.807) is 0 Å². The molecule has 0 aliphatic heterocycles. The van der Waals surface area contributed by atoms with Gasteiger partial charge in [0.2, 0.25) is 0 Å². The van der Waals surface area contributed by atoms with Gasteiger partial charge in [0.05, 0.1) is 16.9 Å². The highest BCUT2D eigenvalue weighted by molar-refractivity contribution is 6.31. The summed E-state index contributed by atoms with van der Waals surface area (Å²) in [6.45, 7) is 6.40. The smallest absolute Gasteiger partial charge is 0.124 e. The normalized spacial score (nSPS) is 11.9. The molecule has 0 aliphatic rings. The molecular weight excluding hydrogens is 293 g/mol. The van der Waals surface area contributed by atoms with E-state index in [9.17, 15) is 0 Å². The van der Waals surface area contributed by atoms with Crippen molar-refractivity contribution in [2.24, 2.45) is 0 Å². The van der Waals surface area contributed by atoms with Crippen molar-refractivity contribution in [1.82, 2.24) is 14.5 Å². The number of fused-ring (bicyclic) bond motifs is 1. The van der Waals surface area contributed by atoms with Crippen LogP contribution in [-0.4, -0.2) is 34.1 Å². The molecule has 20 heavy (non-hydrogen) atoms. The molecule has 0 unspecified atom stereocenters. The zero-order valence-electron chi connectivity index (χ0n) is 12.2. The number of imidazole rings is 1. The van der Waals surface area contributed by atoms with Gasteiger partial charge in [-0.05, 0) is 52.1 Å². The third-order valence-electron chi connectivity index (χ3n) is 3.68. The Labute approximate surface area is 130 Å². The van der Waals surface area contributed by atoms with E-state index >= 15 is 0 Å². The number of hydrogen-bond acceptors (Lipinski definition) is 2. The second kappa shape index (κ2) is 6.79. The molecule has 0 amide bonds. The molecule has 1 heterocycles. The van der Waals surface area contributed by atoms with Crippen molar-refractivity contribution < 1.29 is 0 Å². The van der Waals surface area contributed by atoms with Crippen LogP contribution in [0.2, 0.25) is 5.02 Å². The van der Waals surface area contributed by atoms with Crippen LogP contribution in [0.15, 0.2) is 18.2 Å². The zero-order chi connectivity index (χ0) is 14.7.